The predicted octanol–water partition coefficient (Wildman–Crippen LogP) is 20.5. The molecule has 146 heavy (non-hydrogen) atoms. The summed E-state index contributed by atoms with van der Waals surface area (Å²) in [4.78, 5) is 172. The van der Waals surface area contributed by atoms with Crippen LogP contribution < -0.4 is 21.1 Å². The number of nitrogens with two attached hydrogens (primary N) is 1. The molecule has 0 spiro atoms. The number of methoxy groups -OCH3 is 1. The van der Waals surface area contributed by atoms with E-state index in [1.807, 2.05) is 92.7 Å². The summed E-state index contributed by atoms with van der Waals surface area (Å²) < 4.78 is 45.3. The maximum absolute atomic E-state index is 12.9. The molecule has 0 bridgehead atoms. The SMILES string of the molecule is CC(C)COC(=O)Cl.CC1=C(C)C(=O)C(C(C)(C)CC(=O)Nc2ccc3nc(C#N)sc3c2)=C(C)C1=O.CC1=C(C)C(=O)C(C(C)(C)CC(=O)Nc2ccc3nc(C4=N[C@@H](C(=O)O)CS4)sc3c2)=C(C)C1=O.CC1=C(C)C(=O)C(C(C)(C)CC(=O)O)=C(C)C1=O.COC(=O)C=C(C)C.CS(=O)(=O)O.Cc1c(C)c2c(c(C)c1O)C(C)(C)CC(=O)O2.Cc1cc(O)c(C)c(C)c1O.N#Cc1nc2ccc(N)cc2s1.[B]=NS. The van der Waals surface area contributed by atoms with Crippen molar-refractivity contribution in [1.29, 1.82) is 10.5 Å². The van der Waals surface area contributed by atoms with Gasteiger partial charge in [-0.1, -0.05) is 74.8 Å². The van der Waals surface area contributed by atoms with Gasteiger partial charge in [-0.05, 0) is 218 Å². The van der Waals surface area contributed by atoms with Crippen molar-refractivity contribution in [2.45, 2.75) is 224 Å². The quantitative estimate of drug-likeness (QED) is 0.00410. The number of fused-ring (bicyclic) bond motifs is 4. The predicted molar refractivity (Wildman–Crippen MR) is 574 cm³/mol. The Labute approximate surface area is 876 Å². The first-order chi connectivity index (χ1) is 67.3. The minimum absolute atomic E-state index is 0.0288. The number of halogens is 1. The second kappa shape index (κ2) is 53.3. The number of rotatable bonds is 16. The average molecular weight is 2140 g/mol. The molecule has 8 aromatic rings. The van der Waals surface area contributed by atoms with E-state index in [9.17, 15) is 86.1 Å². The Balaban J connectivity index is 0.000000361. The van der Waals surface area contributed by atoms with E-state index >= 15 is 0 Å². The Kier molecular flexibility index (Phi) is 45.7. The van der Waals surface area contributed by atoms with Gasteiger partial charge < -0.3 is 56.1 Å². The molecule has 5 heterocycles. The molecule has 3 aliphatic carbocycles. The zero-order chi connectivity index (χ0) is 112. The summed E-state index contributed by atoms with van der Waals surface area (Å²) in [6, 6.07) is 20.9. The van der Waals surface area contributed by atoms with Crippen LogP contribution in [-0.4, -0.2) is 174 Å². The van der Waals surface area contributed by atoms with Gasteiger partial charge in [-0.15, -0.1) is 45.8 Å². The summed E-state index contributed by atoms with van der Waals surface area (Å²) in [6.45, 7) is 48.2. The number of ketones is 6. The number of nitrogen functional groups attached to an aromatic ring is 1. The number of thiazole rings is 3. The van der Waals surface area contributed by atoms with E-state index < -0.39 is 49.8 Å². The van der Waals surface area contributed by atoms with Gasteiger partial charge in [0.1, 0.15) is 45.2 Å². The number of hydrogen-bond acceptors (Lipinski definition) is 34. The molecule has 779 valence electrons. The van der Waals surface area contributed by atoms with E-state index in [2.05, 4.69) is 64.8 Å². The Hall–Kier alpha value is -13.1. The molecule has 0 saturated carbocycles. The summed E-state index contributed by atoms with van der Waals surface area (Å²) in [6.07, 6.45) is 2.41. The molecule has 3 aromatic heterocycles. The number of esters is 2. The van der Waals surface area contributed by atoms with Gasteiger partial charge in [0.25, 0.3) is 10.1 Å². The number of carbonyl (C=O) groups is 13. The van der Waals surface area contributed by atoms with E-state index in [1.54, 1.807) is 167 Å². The summed E-state index contributed by atoms with van der Waals surface area (Å²) in [7, 11) is 2.03. The van der Waals surface area contributed by atoms with E-state index in [1.165, 1.54) is 59.0 Å². The summed E-state index contributed by atoms with van der Waals surface area (Å²) in [5.74, 6) is -1.77. The standard InChI is InChI=1S/C25H25N3O5S2.C22H21N3O3S.C14H18O4.C14H18O3.C9H12O2.C8H5N3S.C6H10O2.C5H9ClO2.CH4O3S.BHNS/c1-11-12(2)21(31)19(13(3)20(11)30)25(4,5)9-18(29)26-14-6-7-15-17(8-14)35-23(27-15)22-28-16(10-34-22)24(32)33;1-11-12(2)21(28)19(13(3)20(11)27)22(4,5)9-17(26)24-14-6-7-15-16(8-14)29-18(10-23)25-15;1-7-8(2)13(18)11(9(3)12(7)17)14(4,5)6-10(15)16;1-7-8(2)13-11(9(3)12(7)16)14(4,5)6-10(15)17-13;1-5-4-8(10)6(2)7(3)9(5)11;9-4-8-11-6-2-1-5(10)3-7(6)12-8;1-5(2)4-6(7)8-3;1-4(2)3-8-5(6)7;1-5(2,3)4;1-2-3/h6-8,16H,9-10H2,1-5H3,(H,26,29)(H,32,33);6-8H,9H2,1-5H3,(H,24,26);6H2,1-5H3,(H,15,16);16H,6H2,1-5H3;4,10-11H,1-3H3;1-3H,10H2;4H,1-3H3;4H,3H2,1-2H3;1H3,(H,2,3,4);3H/t16-;;;;;;;;;/m1........./s1. The van der Waals surface area contributed by atoms with Gasteiger partial charge in [0.15, 0.2) is 50.8 Å². The molecule has 5 aromatic carbocycles. The van der Waals surface area contributed by atoms with Crippen LogP contribution in [0.4, 0.5) is 21.9 Å². The number of aliphatic carboxylic acids is 2. The number of phenolic OH excluding ortho intramolecular Hbond substituents is 3. The molecular formula is C104H123BClN10O24S6. The fourth-order valence-electron chi connectivity index (χ4n) is 15.6. The number of allylic oxidation sites excluding steroid dienone is 13. The number of benzene rings is 5. The van der Waals surface area contributed by atoms with Crippen LogP contribution in [0, 0.1) is 86.4 Å². The third-order valence-corrected chi connectivity index (χ3v) is 27.5. The summed E-state index contributed by atoms with van der Waals surface area (Å²) in [5.41, 5.74) is 17.8. The Bertz CT molecular complexity index is 7030. The minimum atomic E-state index is -3.67. The number of aryl methyl sites for hydroxylation is 1. The van der Waals surface area contributed by atoms with Crippen molar-refractivity contribution >= 4 is 217 Å². The Morgan fingerprint density at radius 3 is 1.36 bits per heavy atom. The first kappa shape index (κ1) is 125. The molecule has 10 N–H and O–H groups in total. The number of nitriles is 2. The molecule has 34 nitrogen and oxygen atoms in total. The molecule has 1 atom stereocenters. The number of aromatic nitrogens is 3. The van der Waals surface area contributed by atoms with Crippen molar-refractivity contribution in [2.24, 2.45) is 31.5 Å². The molecule has 2 amide bonds. The van der Waals surface area contributed by atoms with Crippen LogP contribution in [0.3, 0.4) is 0 Å². The van der Waals surface area contributed by atoms with Crippen LogP contribution in [0.15, 0.2) is 148 Å². The number of thioether (sulfide) groups is 1. The fourth-order valence-corrected chi connectivity index (χ4v) is 19.3. The molecule has 2 aliphatic heterocycles. The number of thiol groups is 1. The van der Waals surface area contributed by atoms with Crippen LogP contribution >= 0.6 is 70.2 Å². The monoisotopic (exact) mass is 2130 g/mol. The third kappa shape index (κ3) is 34.3. The van der Waals surface area contributed by atoms with Crippen LogP contribution in [-0.2, 0) is 82.5 Å². The number of carboxylic acids is 2. The second-order valence-electron chi connectivity index (χ2n) is 37.7. The van der Waals surface area contributed by atoms with E-state index in [4.69, 9.17) is 47.4 Å². The molecule has 5 aliphatic rings. The Morgan fingerprint density at radius 1 is 0.610 bits per heavy atom. The number of phenols is 3. The van der Waals surface area contributed by atoms with Crippen LogP contribution in [0.25, 0.3) is 30.6 Å². The van der Waals surface area contributed by atoms with Gasteiger partial charge in [-0.2, -0.15) is 18.9 Å². The number of carbonyl (C=O) groups excluding carboxylic acids is 11. The zero-order valence-electron chi connectivity index (χ0n) is 86.9. The number of amides is 2. The first-order valence-corrected chi connectivity index (χ1v) is 50.9. The second-order valence-corrected chi connectivity index (χ2v) is 43.8. The van der Waals surface area contributed by atoms with Crippen molar-refractivity contribution in [3.63, 3.8) is 0 Å². The number of nitrogens with one attached hydrogen (secondary N) is 2. The van der Waals surface area contributed by atoms with Gasteiger partial charge in [0.2, 0.25) is 11.8 Å². The van der Waals surface area contributed by atoms with Gasteiger partial charge in [0, 0.05) is 147 Å². The third-order valence-electron chi connectivity index (χ3n) is 23.3. The average Bonchev–Trinajstić information content (AvgIpc) is 1.13. The molecule has 0 saturated heterocycles. The molecule has 13 rings (SSSR count). The van der Waals surface area contributed by atoms with Crippen molar-refractivity contribution in [2.75, 3.05) is 42.1 Å². The molecule has 0 fully saturated rings. The number of aliphatic imine (C=N–C) groups is 1. The molecule has 0 unspecified atom stereocenters. The van der Waals surface area contributed by atoms with Gasteiger partial charge in [-0.3, -0.25) is 57.5 Å². The van der Waals surface area contributed by atoms with Crippen LogP contribution in [0.5, 0.6) is 23.0 Å². The maximum atomic E-state index is 12.9. The van der Waals surface area contributed by atoms with Crippen molar-refractivity contribution < 1.29 is 115 Å². The van der Waals surface area contributed by atoms with Crippen LogP contribution in [0.1, 0.15) is 225 Å². The van der Waals surface area contributed by atoms with E-state index in [0.717, 1.165) is 64.1 Å². The normalized spacial score (nSPS) is 14.8. The number of hydrogen-bond donors (Lipinski definition) is 10. The topological polar surface area (TPSA) is 566 Å². The van der Waals surface area contributed by atoms with Crippen molar-refractivity contribution in [3.05, 3.63) is 193 Å². The Morgan fingerprint density at radius 2 is 0.993 bits per heavy atom. The molecule has 1 radical (unpaired) electrons. The number of aromatic hydroxyl groups is 3. The van der Waals surface area contributed by atoms with Crippen LogP contribution in [0.2, 0.25) is 0 Å². The van der Waals surface area contributed by atoms with Crippen molar-refractivity contribution in [3.8, 4) is 35.1 Å². The number of anilines is 3. The molecule has 42 heteroatoms. The summed E-state index contributed by atoms with van der Waals surface area (Å²) >= 11 is 13.4. The van der Waals surface area contributed by atoms with E-state index in [-0.39, 0.29) is 94.6 Å². The zero-order valence-corrected chi connectivity index (χ0v) is 92.7. The fraction of sp³-hybridized carbons (Fsp3) is 0.394. The van der Waals surface area contributed by atoms with Gasteiger partial charge >= 0.3 is 54.1 Å². The number of ether oxygens (including phenoxy) is 3. The molecular weight excluding hydrogens is 2010 g/mol. The van der Waals surface area contributed by atoms with Crippen molar-refractivity contribution in [1.82, 2.24) is 15.0 Å². The summed E-state index contributed by atoms with van der Waals surface area (Å²) in [5, 5.41) is 72.2. The van der Waals surface area contributed by atoms with Gasteiger partial charge in [0.05, 0.1) is 63.5 Å². The van der Waals surface area contributed by atoms with E-state index in [0.29, 0.717) is 158 Å². The number of Topliss-reactive ketones (excluding diaryl/α,β-unsaturated/α-hetero) is 6. The van der Waals surface area contributed by atoms with Gasteiger partial charge in [-0.25, -0.2) is 29.3 Å². The number of carboxylic acid groups (broad SMARTS) is 2. The number of nitrogens with zero attached hydrogens (tertiary/aromatic N) is 7. The first-order valence-electron chi connectivity index (χ1n) is 44.8.